The Bertz CT molecular complexity index is 537. The average molecular weight is 284 g/mol. The number of hydrogen-bond acceptors (Lipinski definition) is 5. The molecule has 0 saturated heterocycles. The van der Waals surface area contributed by atoms with Crippen LogP contribution in [-0.4, -0.2) is 49.7 Å². The van der Waals surface area contributed by atoms with Gasteiger partial charge < -0.3 is 10.0 Å². The summed E-state index contributed by atoms with van der Waals surface area (Å²) in [5, 5.41) is 23.5. The molecular weight excluding hydrogens is 268 g/mol. The second kappa shape index (κ2) is 6.13. The zero-order valence-corrected chi connectivity index (χ0v) is 11.4. The van der Waals surface area contributed by atoms with Crippen molar-refractivity contribution in [1.82, 2.24) is 14.7 Å². The molecular formula is C11H16N4O5. The maximum absolute atomic E-state index is 12.2. The summed E-state index contributed by atoms with van der Waals surface area (Å²) in [6.45, 7) is 3.29. The standard InChI is InChI=1S/C11H16N4O5/c1-7(2)4-14(6-9(16)17)11(18)10-8(15(19)20)5-13(3)12-10/h5,7H,4,6H2,1-3H3,(H,16,17). The second-order valence-electron chi connectivity index (χ2n) is 4.77. The molecule has 0 unspecified atom stereocenters. The van der Waals surface area contributed by atoms with Crippen molar-refractivity contribution in [3.63, 3.8) is 0 Å². The average Bonchev–Trinajstić information content (AvgIpc) is 2.68. The van der Waals surface area contributed by atoms with E-state index >= 15 is 0 Å². The highest BCUT2D eigenvalue weighted by atomic mass is 16.6. The first-order valence-electron chi connectivity index (χ1n) is 5.91. The van der Waals surface area contributed by atoms with Crippen LogP contribution in [0.4, 0.5) is 5.69 Å². The number of carboxylic acid groups (broad SMARTS) is 1. The molecule has 1 heterocycles. The van der Waals surface area contributed by atoms with Crippen molar-refractivity contribution in [2.75, 3.05) is 13.1 Å². The topological polar surface area (TPSA) is 119 Å². The lowest BCUT2D eigenvalue weighted by atomic mass is 10.2. The van der Waals surface area contributed by atoms with Crippen LogP contribution in [0, 0.1) is 16.0 Å². The van der Waals surface area contributed by atoms with Gasteiger partial charge in [-0.3, -0.25) is 24.4 Å². The van der Waals surface area contributed by atoms with E-state index in [0.717, 1.165) is 15.8 Å². The minimum atomic E-state index is -1.18. The molecule has 1 rings (SSSR count). The predicted molar refractivity (Wildman–Crippen MR) is 68.2 cm³/mol. The summed E-state index contributed by atoms with van der Waals surface area (Å²) in [4.78, 5) is 34.2. The third-order valence-corrected chi connectivity index (χ3v) is 2.41. The molecule has 1 aromatic rings. The molecule has 0 aromatic carbocycles. The lowest BCUT2D eigenvalue weighted by Gasteiger charge is -2.21. The van der Waals surface area contributed by atoms with E-state index < -0.39 is 29.0 Å². The van der Waals surface area contributed by atoms with Gasteiger partial charge in [0.25, 0.3) is 5.91 Å². The number of nitro groups is 1. The molecule has 0 atom stereocenters. The van der Waals surface area contributed by atoms with E-state index in [4.69, 9.17) is 5.11 Å². The number of amides is 1. The van der Waals surface area contributed by atoms with Crippen LogP contribution in [-0.2, 0) is 11.8 Å². The minimum Gasteiger partial charge on any atom is -0.480 e. The fourth-order valence-corrected chi connectivity index (χ4v) is 1.73. The lowest BCUT2D eigenvalue weighted by Crippen LogP contribution is -2.38. The number of aryl methyl sites for hydroxylation is 1. The number of aromatic nitrogens is 2. The monoisotopic (exact) mass is 284 g/mol. The quantitative estimate of drug-likeness (QED) is 0.600. The summed E-state index contributed by atoms with van der Waals surface area (Å²) in [7, 11) is 1.45. The molecule has 0 radical (unpaired) electrons. The largest absolute Gasteiger partial charge is 0.480 e. The van der Waals surface area contributed by atoms with Gasteiger partial charge >= 0.3 is 11.7 Å². The van der Waals surface area contributed by atoms with Crippen LogP contribution in [0.5, 0.6) is 0 Å². The van der Waals surface area contributed by atoms with E-state index in [9.17, 15) is 19.7 Å². The summed E-state index contributed by atoms with van der Waals surface area (Å²) < 4.78 is 1.15. The van der Waals surface area contributed by atoms with E-state index in [1.54, 1.807) is 0 Å². The van der Waals surface area contributed by atoms with Gasteiger partial charge in [0.1, 0.15) is 12.7 Å². The molecule has 0 bridgehead atoms. The van der Waals surface area contributed by atoms with E-state index in [-0.39, 0.29) is 18.2 Å². The highest BCUT2D eigenvalue weighted by molar-refractivity contribution is 5.97. The molecule has 1 N–H and O–H groups in total. The van der Waals surface area contributed by atoms with E-state index in [1.165, 1.54) is 7.05 Å². The van der Waals surface area contributed by atoms with Crippen LogP contribution < -0.4 is 0 Å². The Labute approximate surface area is 114 Å². The van der Waals surface area contributed by atoms with Crippen molar-refractivity contribution < 1.29 is 19.6 Å². The Kier molecular flexibility index (Phi) is 4.78. The van der Waals surface area contributed by atoms with Gasteiger partial charge in [-0.1, -0.05) is 13.8 Å². The number of nitrogens with zero attached hydrogens (tertiary/aromatic N) is 4. The molecule has 0 saturated carbocycles. The molecule has 0 spiro atoms. The number of carboxylic acids is 1. The van der Waals surface area contributed by atoms with Crippen LogP contribution in [0.3, 0.4) is 0 Å². The molecule has 1 amide bonds. The van der Waals surface area contributed by atoms with Crippen molar-refractivity contribution >= 4 is 17.6 Å². The van der Waals surface area contributed by atoms with Crippen LogP contribution in [0.15, 0.2) is 6.20 Å². The molecule has 0 fully saturated rings. The Hall–Kier alpha value is -2.45. The molecule has 0 aliphatic carbocycles. The zero-order valence-electron chi connectivity index (χ0n) is 11.4. The van der Waals surface area contributed by atoms with Crippen LogP contribution in [0.2, 0.25) is 0 Å². The third kappa shape index (κ3) is 3.77. The molecule has 110 valence electrons. The van der Waals surface area contributed by atoms with E-state index in [1.807, 2.05) is 13.8 Å². The summed E-state index contributed by atoms with van der Waals surface area (Å²) in [5.74, 6) is -1.91. The first-order chi connectivity index (χ1) is 9.22. The van der Waals surface area contributed by atoms with Gasteiger partial charge in [-0.2, -0.15) is 5.10 Å². The van der Waals surface area contributed by atoms with Gasteiger partial charge in [-0.05, 0) is 5.92 Å². The molecule has 0 aliphatic heterocycles. The first-order valence-corrected chi connectivity index (χ1v) is 5.91. The second-order valence-corrected chi connectivity index (χ2v) is 4.77. The number of aliphatic carboxylic acids is 1. The summed E-state index contributed by atoms with van der Waals surface area (Å²) >= 11 is 0. The van der Waals surface area contributed by atoms with Crippen molar-refractivity contribution in [1.29, 1.82) is 0 Å². The first kappa shape index (κ1) is 15.6. The number of carbonyl (C=O) groups excluding carboxylic acids is 1. The molecule has 9 nitrogen and oxygen atoms in total. The predicted octanol–water partition coefficient (Wildman–Crippen LogP) is 0.511. The normalized spacial score (nSPS) is 10.6. The van der Waals surface area contributed by atoms with Crippen molar-refractivity contribution in [3.05, 3.63) is 22.0 Å². The Morgan fingerprint density at radius 2 is 2.15 bits per heavy atom. The maximum Gasteiger partial charge on any atom is 0.323 e. The molecule has 9 heteroatoms. The fourth-order valence-electron chi connectivity index (χ4n) is 1.73. The van der Waals surface area contributed by atoms with Gasteiger partial charge in [0, 0.05) is 13.6 Å². The van der Waals surface area contributed by atoms with Gasteiger partial charge in [-0.15, -0.1) is 0 Å². The highest BCUT2D eigenvalue weighted by Gasteiger charge is 2.30. The number of hydrogen-bond donors (Lipinski definition) is 1. The van der Waals surface area contributed by atoms with Crippen molar-refractivity contribution in [3.8, 4) is 0 Å². The molecule has 1 aromatic heterocycles. The van der Waals surface area contributed by atoms with Crippen LogP contribution >= 0.6 is 0 Å². The maximum atomic E-state index is 12.2. The Balaban J connectivity index is 3.11. The number of carbonyl (C=O) groups is 2. The summed E-state index contributed by atoms with van der Waals surface area (Å²) in [6, 6.07) is 0. The van der Waals surface area contributed by atoms with E-state index in [2.05, 4.69) is 5.10 Å². The van der Waals surface area contributed by atoms with Gasteiger partial charge in [0.15, 0.2) is 0 Å². The third-order valence-electron chi connectivity index (χ3n) is 2.41. The summed E-state index contributed by atoms with van der Waals surface area (Å²) in [6.07, 6.45) is 1.11. The fraction of sp³-hybridized carbons (Fsp3) is 0.545. The highest BCUT2D eigenvalue weighted by Crippen LogP contribution is 2.18. The summed E-state index contributed by atoms with van der Waals surface area (Å²) in [5.41, 5.74) is -0.781. The lowest BCUT2D eigenvalue weighted by molar-refractivity contribution is -0.385. The zero-order chi connectivity index (χ0) is 15.4. The van der Waals surface area contributed by atoms with E-state index in [0.29, 0.717) is 0 Å². The molecule has 0 aliphatic rings. The smallest absolute Gasteiger partial charge is 0.323 e. The van der Waals surface area contributed by atoms with Crippen molar-refractivity contribution in [2.24, 2.45) is 13.0 Å². The number of rotatable bonds is 6. The van der Waals surface area contributed by atoms with Crippen LogP contribution in [0.1, 0.15) is 24.3 Å². The van der Waals surface area contributed by atoms with Crippen molar-refractivity contribution in [2.45, 2.75) is 13.8 Å². The Morgan fingerprint density at radius 3 is 2.60 bits per heavy atom. The molecule has 20 heavy (non-hydrogen) atoms. The SMILES string of the molecule is CC(C)CN(CC(=O)O)C(=O)c1nn(C)cc1[N+](=O)[O-]. The van der Waals surface area contributed by atoms with Crippen LogP contribution in [0.25, 0.3) is 0 Å². The van der Waals surface area contributed by atoms with Gasteiger partial charge in [0.2, 0.25) is 5.69 Å². The van der Waals surface area contributed by atoms with Gasteiger partial charge in [0.05, 0.1) is 4.92 Å². The van der Waals surface area contributed by atoms with Gasteiger partial charge in [-0.25, -0.2) is 0 Å². The Morgan fingerprint density at radius 1 is 1.55 bits per heavy atom. The minimum absolute atomic E-state index is 0.0288.